The van der Waals surface area contributed by atoms with Crippen molar-refractivity contribution in [1.29, 1.82) is 0 Å². The average Bonchev–Trinajstić information content (AvgIpc) is 3.48. The number of hydrogen-bond donors (Lipinski definition) is 2. The normalized spacial score (nSPS) is 13.3. The number of thiocarbonyl (C=S) groups is 1. The molecule has 3 aromatic carbocycles. The molecule has 0 saturated carbocycles. The first-order valence-corrected chi connectivity index (χ1v) is 13.7. The van der Waals surface area contributed by atoms with Crippen LogP contribution in [0.1, 0.15) is 20.9 Å². The number of rotatable bonds is 5. The quantitative estimate of drug-likeness (QED) is 0.265. The smallest absolute Gasteiger partial charge is 0.289 e. The Morgan fingerprint density at radius 2 is 1.82 bits per heavy atom. The van der Waals surface area contributed by atoms with Crippen LogP contribution in [0.15, 0.2) is 75.8 Å². The number of anilines is 2. The van der Waals surface area contributed by atoms with Crippen molar-refractivity contribution in [3.63, 3.8) is 0 Å². The zero-order valence-electron chi connectivity index (χ0n) is 20.9. The number of carbonyl (C=O) groups is 2. The second kappa shape index (κ2) is 11.6. The van der Waals surface area contributed by atoms with Gasteiger partial charge in [0.05, 0.1) is 34.1 Å². The molecular formula is C28H24BrClN4O4S. The highest BCUT2D eigenvalue weighted by Gasteiger charge is 2.25. The van der Waals surface area contributed by atoms with Gasteiger partial charge in [0, 0.05) is 31.9 Å². The molecule has 4 aromatic rings. The maximum absolute atomic E-state index is 13.1. The van der Waals surface area contributed by atoms with Crippen LogP contribution in [-0.2, 0) is 0 Å². The van der Waals surface area contributed by atoms with Gasteiger partial charge >= 0.3 is 0 Å². The molecule has 2 amide bonds. The molecule has 1 aliphatic rings. The van der Waals surface area contributed by atoms with Gasteiger partial charge in [0.1, 0.15) is 5.75 Å². The van der Waals surface area contributed by atoms with Crippen molar-refractivity contribution >= 4 is 78.8 Å². The lowest BCUT2D eigenvalue weighted by Gasteiger charge is -2.36. The van der Waals surface area contributed by atoms with Crippen molar-refractivity contribution < 1.29 is 18.7 Å². The SMILES string of the molecule is COc1c(C(=O)NC(=S)Nc2ccc(N3CCN(C(=O)c4ccco4)CC3)c(Cl)c2)cc2ccccc2c1Br. The summed E-state index contributed by atoms with van der Waals surface area (Å²) in [5, 5.41) is 8.22. The fourth-order valence-electron chi connectivity index (χ4n) is 4.53. The van der Waals surface area contributed by atoms with E-state index in [1.54, 1.807) is 29.2 Å². The predicted octanol–water partition coefficient (Wildman–Crippen LogP) is 5.95. The number of furan rings is 1. The minimum absolute atomic E-state index is 0.116. The van der Waals surface area contributed by atoms with Crippen LogP contribution in [0.5, 0.6) is 5.75 Å². The molecule has 0 aliphatic carbocycles. The number of amides is 2. The van der Waals surface area contributed by atoms with Gasteiger partial charge in [-0.1, -0.05) is 35.9 Å². The van der Waals surface area contributed by atoms with Crippen LogP contribution in [0.2, 0.25) is 5.02 Å². The molecular weight excluding hydrogens is 604 g/mol. The summed E-state index contributed by atoms with van der Waals surface area (Å²) in [5.41, 5.74) is 1.84. The van der Waals surface area contributed by atoms with E-state index in [1.165, 1.54) is 13.4 Å². The average molecular weight is 628 g/mol. The van der Waals surface area contributed by atoms with E-state index >= 15 is 0 Å². The molecule has 1 saturated heterocycles. The molecule has 200 valence electrons. The van der Waals surface area contributed by atoms with Crippen LogP contribution in [0, 0.1) is 0 Å². The van der Waals surface area contributed by atoms with Gasteiger partial charge in [-0.25, -0.2) is 0 Å². The van der Waals surface area contributed by atoms with Gasteiger partial charge in [0.15, 0.2) is 10.9 Å². The number of methoxy groups -OCH3 is 1. The number of piperazine rings is 1. The molecule has 0 bridgehead atoms. The molecule has 11 heteroatoms. The third kappa shape index (κ3) is 5.73. The van der Waals surface area contributed by atoms with Crippen LogP contribution >= 0.6 is 39.7 Å². The number of nitrogens with zero attached hydrogens (tertiary/aromatic N) is 2. The number of benzene rings is 3. The Bertz CT molecular complexity index is 1550. The molecule has 0 radical (unpaired) electrons. The summed E-state index contributed by atoms with van der Waals surface area (Å²) in [6.45, 7) is 2.38. The molecule has 5 rings (SSSR count). The Kier molecular flexibility index (Phi) is 8.06. The molecule has 8 nitrogen and oxygen atoms in total. The Morgan fingerprint density at radius 1 is 1.05 bits per heavy atom. The van der Waals surface area contributed by atoms with Crippen molar-refractivity contribution in [2.24, 2.45) is 0 Å². The molecule has 2 N–H and O–H groups in total. The van der Waals surface area contributed by atoms with Crippen molar-refractivity contribution in [3.05, 3.63) is 87.7 Å². The van der Waals surface area contributed by atoms with Gasteiger partial charge in [0.25, 0.3) is 11.8 Å². The number of carbonyl (C=O) groups excluding carboxylic acids is 2. The third-order valence-corrected chi connectivity index (χ3v) is 7.76. The summed E-state index contributed by atoms with van der Waals surface area (Å²) in [7, 11) is 1.52. The van der Waals surface area contributed by atoms with Crippen molar-refractivity contribution in [2.45, 2.75) is 0 Å². The number of halogens is 2. The Balaban J connectivity index is 1.22. The van der Waals surface area contributed by atoms with Crippen molar-refractivity contribution in [3.8, 4) is 5.75 Å². The van der Waals surface area contributed by atoms with E-state index in [1.807, 2.05) is 36.4 Å². The summed E-state index contributed by atoms with van der Waals surface area (Å²) in [6.07, 6.45) is 1.50. The maximum Gasteiger partial charge on any atom is 0.289 e. The summed E-state index contributed by atoms with van der Waals surface area (Å²) in [5.74, 6) is 0.244. The minimum atomic E-state index is -0.402. The van der Waals surface area contributed by atoms with E-state index in [0.717, 1.165) is 16.5 Å². The van der Waals surface area contributed by atoms with E-state index in [0.29, 0.717) is 58.4 Å². The summed E-state index contributed by atoms with van der Waals surface area (Å²) < 4.78 is 11.4. The van der Waals surface area contributed by atoms with Crippen molar-refractivity contribution in [2.75, 3.05) is 43.5 Å². The number of nitrogens with one attached hydrogen (secondary N) is 2. The second-order valence-electron chi connectivity index (χ2n) is 8.82. The molecule has 2 heterocycles. The predicted molar refractivity (Wildman–Crippen MR) is 160 cm³/mol. The van der Waals surface area contributed by atoms with Gasteiger partial charge in [-0.05, 0) is 75.3 Å². The number of fused-ring (bicyclic) bond motifs is 1. The first-order valence-electron chi connectivity index (χ1n) is 12.1. The summed E-state index contributed by atoms with van der Waals surface area (Å²) >= 11 is 15.6. The summed E-state index contributed by atoms with van der Waals surface area (Å²) in [6, 6.07) is 18.3. The molecule has 0 unspecified atom stereocenters. The standard InChI is InChI=1S/C28H24BrClN4O4S/c1-37-25-20(15-17-5-2-3-6-19(17)24(25)29)26(35)32-28(39)31-18-8-9-22(21(30)16-18)33-10-12-34(13-11-33)27(36)23-7-4-14-38-23/h2-9,14-16H,10-13H2,1H3,(H2,31,32,35,39). The Morgan fingerprint density at radius 3 is 2.51 bits per heavy atom. The zero-order chi connectivity index (χ0) is 27.5. The minimum Gasteiger partial charge on any atom is -0.495 e. The summed E-state index contributed by atoms with van der Waals surface area (Å²) in [4.78, 5) is 29.5. The van der Waals surface area contributed by atoms with Crippen molar-refractivity contribution in [1.82, 2.24) is 10.2 Å². The number of ether oxygens (including phenoxy) is 1. The Hall–Kier alpha value is -3.60. The van der Waals surface area contributed by atoms with E-state index in [-0.39, 0.29) is 11.0 Å². The fraction of sp³-hybridized carbons (Fsp3) is 0.179. The van der Waals surface area contributed by atoms with Gasteiger partial charge in [-0.15, -0.1) is 0 Å². The third-order valence-electron chi connectivity index (χ3n) is 6.46. The highest BCUT2D eigenvalue weighted by Crippen LogP contribution is 2.36. The van der Waals surface area contributed by atoms with Crippen LogP contribution in [0.25, 0.3) is 10.8 Å². The number of hydrogen-bond acceptors (Lipinski definition) is 6. The lowest BCUT2D eigenvalue weighted by atomic mass is 10.1. The van der Waals surface area contributed by atoms with Gasteiger partial charge in [0.2, 0.25) is 0 Å². The van der Waals surface area contributed by atoms with E-state index in [2.05, 4.69) is 31.5 Å². The first-order chi connectivity index (χ1) is 18.9. The molecule has 1 fully saturated rings. The first kappa shape index (κ1) is 27.0. The lowest BCUT2D eigenvalue weighted by Crippen LogP contribution is -2.48. The van der Waals surface area contributed by atoms with Gasteiger partial charge < -0.3 is 24.3 Å². The van der Waals surface area contributed by atoms with E-state index < -0.39 is 5.91 Å². The molecule has 1 aliphatic heterocycles. The van der Waals surface area contributed by atoms with E-state index in [9.17, 15) is 9.59 Å². The van der Waals surface area contributed by atoms with Gasteiger partial charge in [-0.2, -0.15) is 0 Å². The second-order valence-corrected chi connectivity index (χ2v) is 10.4. The molecule has 1 aromatic heterocycles. The molecule has 0 spiro atoms. The Labute approximate surface area is 244 Å². The van der Waals surface area contributed by atoms with Crippen LogP contribution in [-0.4, -0.2) is 55.1 Å². The van der Waals surface area contributed by atoms with Crippen LogP contribution in [0.3, 0.4) is 0 Å². The van der Waals surface area contributed by atoms with Crippen LogP contribution in [0.4, 0.5) is 11.4 Å². The van der Waals surface area contributed by atoms with Gasteiger partial charge in [-0.3, -0.25) is 14.9 Å². The van der Waals surface area contributed by atoms with Crippen LogP contribution < -0.4 is 20.3 Å². The monoisotopic (exact) mass is 626 g/mol. The lowest BCUT2D eigenvalue weighted by molar-refractivity contribution is 0.0714. The van der Waals surface area contributed by atoms with E-state index in [4.69, 9.17) is 33.0 Å². The fourth-order valence-corrected chi connectivity index (χ4v) is 5.78. The highest BCUT2D eigenvalue weighted by atomic mass is 79.9. The topological polar surface area (TPSA) is 87.0 Å². The largest absolute Gasteiger partial charge is 0.495 e. The molecule has 39 heavy (non-hydrogen) atoms. The maximum atomic E-state index is 13.1. The zero-order valence-corrected chi connectivity index (χ0v) is 24.0. The molecule has 0 atom stereocenters. The highest BCUT2D eigenvalue weighted by molar-refractivity contribution is 9.10.